The summed E-state index contributed by atoms with van der Waals surface area (Å²) < 4.78 is 55.9. The van der Waals surface area contributed by atoms with E-state index in [0.29, 0.717) is 0 Å². The first-order valence-corrected chi connectivity index (χ1v) is 8.14. The molecule has 152 valence electrons. The molecule has 0 bridgehead atoms. The summed E-state index contributed by atoms with van der Waals surface area (Å²) in [5.41, 5.74) is 11.0. The first-order chi connectivity index (χ1) is 13.5. The van der Waals surface area contributed by atoms with Crippen LogP contribution in [0.5, 0.6) is 5.75 Å². The second-order valence-corrected chi connectivity index (χ2v) is 6.18. The van der Waals surface area contributed by atoms with Gasteiger partial charge in [0.05, 0.1) is 22.9 Å². The number of hydrogen-bond acceptors (Lipinski definition) is 6. The summed E-state index contributed by atoms with van der Waals surface area (Å²) >= 11 is 0. The van der Waals surface area contributed by atoms with Crippen molar-refractivity contribution in [3.05, 3.63) is 45.6 Å². The van der Waals surface area contributed by atoms with E-state index in [0.717, 1.165) is 18.5 Å². The van der Waals surface area contributed by atoms with E-state index >= 15 is 0 Å². The number of aryl methyl sites for hydroxylation is 1. The number of nitrogens with one attached hydrogen (secondary N) is 2. The molecule has 0 unspecified atom stereocenters. The molecule has 7 nitrogen and oxygen atoms in total. The maximum Gasteiger partial charge on any atom is 0.422 e. The molecule has 2 aromatic heterocycles. The number of aromatic nitrogens is 2. The molecule has 29 heavy (non-hydrogen) atoms. The molecule has 0 amide bonds. The van der Waals surface area contributed by atoms with Gasteiger partial charge in [-0.1, -0.05) is 6.07 Å². The smallest absolute Gasteiger partial charge is 0.422 e. The van der Waals surface area contributed by atoms with Gasteiger partial charge in [-0.2, -0.15) is 13.2 Å². The molecule has 2 heterocycles. The first kappa shape index (κ1) is 20.1. The van der Waals surface area contributed by atoms with Crippen LogP contribution in [-0.4, -0.2) is 29.0 Å². The second-order valence-electron chi connectivity index (χ2n) is 6.18. The maximum absolute atomic E-state index is 13.8. The van der Waals surface area contributed by atoms with Gasteiger partial charge in [0.25, 0.3) is 5.56 Å². The number of nitrogens with zero attached hydrogens (tertiary/aromatic N) is 1. The van der Waals surface area contributed by atoms with Crippen LogP contribution in [0.1, 0.15) is 11.1 Å². The highest BCUT2D eigenvalue weighted by Gasteiger charge is 2.29. The van der Waals surface area contributed by atoms with Crippen LogP contribution < -0.4 is 21.8 Å². The van der Waals surface area contributed by atoms with E-state index in [4.69, 9.17) is 21.6 Å². The largest absolute Gasteiger partial charge is 0.482 e. The summed E-state index contributed by atoms with van der Waals surface area (Å²) in [4.78, 5) is 18.9. The number of nitrogens with two attached hydrogens (primary N) is 2. The van der Waals surface area contributed by atoms with Crippen molar-refractivity contribution in [1.82, 2.24) is 9.97 Å². The Labute approximate surface area is 160 Å². The van der Waals surface area contributed by atoms with Gasteiger partial charge in [0, 0.05) is 22.9 Å². The Morgan fingerprint density at radius 1 is 1.28 bits per heavy atom. The second kappa shape index (κ2) is 7.08. The molecular formula is C18H15F4N5O2. The molecule has 0 aliphatic carbocycles. The van der Waals surface area contributed by atoms with Crippen molar-refractivity contribution in [3.63, 3.8) is 0 Å². The van der Waals surface area contributed by atoms with Crippen molar-refractivity contribution >= 4 is 28.6 Å². The van der Waals surface area contributed by atoms with Gasteiger partial charge in [-0.25, -0.2) is 4.39 Å². The Kier molecular flexibility index (Phi) is 4.91. The highest BCUT2D eigenvalue weighted by Crippen LogP contribution is 2.37. The number of hydrogen-bond donors (Lipinski definition) is 4. The lowest BCUT2D eigenvalue weighted by molar-refractivity contribution is -0.153. The van der Waals surface area contributed by atoms with Crippen molar-refractivity contribution < 1.29 is 22.3 Å². The summed E-state index contributed by atoms with van der Waals surface area (Å²) in [6, 6.07) is 2.35. The number of fused-ring (bicyclic) bond motifs is 1. The lowest BCUT2D eigenvalue weighted by atomic mass is 9.96. The van der Waals surface area contributed by atoms with E-state index in [1.54, 1.807) is 0 Å². The standard InChI is InChI=1S/C18H15F4N5O2/c1-7-11(29-6-18(20,21)22)5-26-16-12(14(25)17(28)27-15(7)16)8-2-3-10(19)13(24)9(8)4-23/h2-5,23H,6,24-25H2,1H3,(H,27,28). The van der Waals surface area contributed by atoms with Gasteiger partial charge in [-0.15, -0.1) is 0 Å². The molecule has 0 saturated carbocycles. The van der Waals surface area contributed by atoms with Crippen molar-refractivity contribution in [2.75, 3.05) is 18.1 Å². The Bertz CT molecular complexity index is 1190. The lowest BCUT2D eigenvalue weighted by Gasteiger charge is -2.16. The summed E-state index contributed by atoms with van der Waals surface area (Å²) in [6.07, 6.45) is -2.67. The highest BCUT2D eigenvalue weighted by molar-refractivity contribution is 6.05. The summed E-state index contributed by atoms with van der Waals surface area (Å²) in [5.74, 6) is -0.931. The number of alkyl halides is 3. The van der Waals surface area contributed by atoms with Gasteiger partial charge < -0.3 is 26.6 Å². The molecule has 0 aliphatic rings. The zero-order chi connectivity index (χ0) is 21.5. The topological polar surface area (TPSA) is 131 Å². The van der Waals surface area contributed by atoms with E-state index in [-0.39, 0.29) is 50.4 Å². The first-order valence-electron chi connectivity index (χ1n) is 8.14. The van der Waals surface area contributed by atoms with Gasteiger partial charge in [-0.3, -0.25) is 9.78 Å². The molecule has 0 fully saturated rings. The Morgan fingerprint density at radius 3 is 2.59 bits per heavy atom. The Morgan fingerprint density at radius 2 is 1.97 bits per heavy atom. The van der Waals surface area contributed by atoms with Crippen LogP contribution in [0.15, 0.2) is 23.1 Å². The van der Waals surface area contributed by atoms with Crippen molar-refractivity contribution in [2.45, 2.75) is 13.1 Å². The van der Waals surface area contributed by atoms with Crippen molar-refractivity contribution in [2.24, 2.45) is 0 Å². The lowest BCUT2D eigenvalue weighted by Crippen LogP contribution is -2.20. The van der Waals surface area contributed by atoms with E-state index in [1.807, 2.05) is 0 Å². The number of benzene rings is 1. The minimum Gasteiger partial charge on any atom is -0.482 e. The van der Waals surface area contributed by atoms with Crippen LogP contribution in [0.4, 0.5) is 28.9 Å². The predicted molar refractivity (Wildman–Crippen MR) is 101 cm³/mol. The normalized spacial score (nSPS) is 11.6. The van der Waals surface area contributed by atoms with Gasteiger partial charge in [0.2, 0.25) is 0 Å². The molecule has 3 rings (SSSR count). The third-order valence-corrected chi connectivity index (χ3v) is 4.32. The zero-order valence-electron chi connectivity index (χ0n) is 14.9. The quantitative estimate of drug-likeness (QED) is 0.299. The fourth-order valence-electron chi connectivity index (χ4n) is 2.91. The number of rotatable bonds is 4. The molecule has 3 aromatic rings. The average Bonchev–Trinajstić information content (AvgIpc) is 2.65. The van der Waals surface area contributed by atoms with Gasteiger partial charge in [0.15, 0.2) is 6.61 Å². The number of ether oxygens (including phenoxy) is 1. The molecule has 0 atom stereocenters. The maximum atomic E-state index is 13.8. The number of H-pyrrole nitrogens is 1. The zero-order valence-corrected chi connectivity index (χ0v) is 14.9. The van der Waals surface area contributed by atoms with Crippen LogP contribution in [-0.2, 0) is 0 Å². The average molecular weight is 409 g/mol. The molecule has 0 radical (unpaired) electrons. The molecule has 0 saturated heterocycles. The molecule has 0 aliphatic heterocycles. The number of pyridine rings is 2. The monoisotopic (exact) mass is 409 g/mol. The number of halogens is 4. The Hall–Kier alpha value is -3.63. The SMILES string of the molecule is Cc1c(OCC(F)(F)F)cnc2c(-c3ccc(F)c(N)c3C=N)c(N)c(=O)[nH]c12. The number of aromatic amines is 1. The molecule has 11 heteroatoms. The number of anilines is 2. The van der Waals surface area contributed by atoms with Crippen molar-refractivity contribution in [3.8, 4) is 16.9 Å². The van der Waals surface area contributed by atoms with Crippen LogP contribution in [0.25, 0.3) is 22.2 Å². The van der Waals surface area contributed by atoms with Gasteiger partial charge in [0.1, 0.15) is 17.3 Å². The third kappa shape index (κ3) is 3.58. The van der Waals surface area contributed by atoms with Crippen LogP contribution in [0.3, 0.4) is 0 Å². The molecule has 1 aromatic carbocycles. The van der Waals surface area contributed by atoms with Crippen LogP contribution in [0.2, 0.25) is 0 Å². The highest BCUT2D eigenvalue weighted by atomic mass is 19.4. The van der Waals surface area contributed by atoms with E-state index in [9.17, 15) is 22.4 Å². The summed E-state index contributed by atoms with van der Waals surface area (Å²) in [5, 5.41) is 7.55. The third-order valence-electron chi connectivity index (χ3n) is 4.32. The van der Waals surface area contributed by atoms with Gasteiger partial charge >= 0.3 is 6.18 Å². The fourth-order valence-corrected chi connectivity index (χ4v) is 2.91. The Balaban J connectivity index is 2.31. The van der Waals surface area contributed by atoms with Crippen LogP contribution >= 0.6 is 0 Å². The molecular weight excluding hydrogens is 394 g/mol. The van der Waals surface area contributed by atoms with E-state index in [2.05, 4.69) is 9.97 Å². The van der Waals surface area contributed by atoms with Crippen LogP contribution in [0, 0.1) is 18.2 Å². The minimum absolute atomic E-state index is 0.0135. The summed E-state index contributed by atoms with van der Waals surface area (Å²) in [7, 11) is 0. The predicted octanol–water partition coefficient (Wildman–Crippen LogP) is 3.14. The van der Waals surface area contributed by atoms with E-state index < -0.39 is 24.2 Å². The molecule has 6 N–H and O–H groups in total. The minimum atomic E-state index is -4.55. The van der Waals surface area contributed by atoms with Gasteiger partial charge in [-0.05, 0) is 18.6 Å². The fraction of sp³-hybridized carbons (Fsp3) is 0.167. The van der Waals surface area contributed by atoms with E-state index in [1.165, 1.54) is 13.0 Å². The summed E-state index contributed by atoms with van der Waals surface area (Å²) in [6.45, 7) is -0.0816. The number of nitrogen functional groups attached to an aromatic ring is 2. The van der Waals surface area contributed by atoms with Crippen molar-refractivity contribution in [1.29, 1.82) is 5.41 Å². The molecule has 0 spiro atoms.